The molecule has 366 valence electrons. The van der Waals surface area contributed by atoms with Gasteiger partial charge in [0.15, 0.2) is 0 Å². The first-order valence-electron chi connectivity index (χ1n) is 27.3. The van der Waals surface area contributed by atoms with Crippen LogP contribution >= 0.6 is 0 Å². The highest BCUT2D eigenvalue weighted by Crippen LogP contribution is 2.66. The molecule has 0 fully saturated rings. The van der Waals surface area contributed by atoms with E-state index < -0.39 is 5.41 Å². The fraction of sp³-hybridized carbons (Fsp3) is 0.178. The molecule has 1 spiro atoms. The van der Waals surface area contributed by atoms with Gasteiger partial charge in [-0.1, -0.05) is 201 Å². The Kier molecular flexibility index (Phi) is 11.2. The van der Waals surface area contributed by atoms with E-state index in [9.17, 15) is 0 Å². The van der Waals surface area contributed by atoms with Crippen LogP contribution in [-0.4, -0.2) is 0 Å². The first kappa shape index (κ1) is 46.6. The van der Waals surface area contributed by atoms with E-state index in [1.54, 1.807) is 0 Å². The van der Waals surface area contributed by atoms with Crippen molar-refractivity contribution in [1.29, 1.82) is 0 Å². The molecule has 75 heavy (non-hydrogen) atoms. The summed E-state index contributed by atoms with van der Waals surface area (Å²) in [5.41, 5.74) is 22.3. The van der Waals surface area contributed by atoms with Crippen LogP contribution in [0, 0.1) is 0 Å². The molecule has 0 unspecified atom stereocenters. The van der Waals surface area contributed by atoms with Gasteiger partial charge in [-0.25, -0.2) is 0 Å². The Morgan fingerprint density at radius 3 is 1.08 bits per heavy atom. The zero-order valence-electron chi connectivity index (χ0n) is 44.5. The summed E-state index contributed by atoms with van der Waals surface area (Å²) in [5.74, 6) is 1.81. The van der Waals surface area contributed by atoms with Gasteiger partial charge in [-0.15, -0.1) is 0 Å². The highest BCUT2D eigenvalue weighted by Gasteiger charge is 2.53. The van der Waals surface area contributed by atoms with Crippen LogP contribution in [0.3, 0.4) is 0 Å². The Balaban J connectivity index is 1.05. The summed E-state index contributed by atoms with van der Waals surface area (Å²) in [6.45, 7) is 18.1. The SMILES string of the molecule is CC(C)c1ccc(N(c2ccc(C(C)C)cc2)c2ccc3c4c(ccc3c2)-c2ccc3cc(N(c5ccc(C(C)C)cc5)c5ccc(C(C)C)cc5)ccc3c2C42c3ccccc3-c3c2ccc2ccccc32)cc1. The highest BCUT2D eigenvalue weighted by atomic mass is 15.1. The Hall–Kier alpha value is -8.20. The molecule has 0 heterocycles. The van der Waals surface area contributed by atoms with Crippen molar-refractivity contribution < 1.29 is 0 Å². The molecule has 2 aliphatic carbocycles. The molecule has 0 aromatic heterocycles. The summed E-state index contributed by atoms with van der Waals surface area (Å²) in [6, 6.07) is 83.9. The predicted molar refractivity (Wildman–Crippen MR) is 321 cm³/mol. The van der Waals surface area contributed by atoms with Gasteiger partial charge in [0, 0.05) is 34.1 Å². The van der Waals surface area contributed by atoms with Crippen molar-refractivity contribution in [3.05, 3.63) is 263 Å². The smallest absolute Gasteiger partial charge is 0.0737 e. The molecule has 0 amide bonds. The second-order valence-corrected chi connectivity index (χ2v) is 22.4. The van der Waals surface area contributed by atoms with E-state index >= 15 is 0 Å². The van der Waals surface area contributed by atoms with Crippen LogP contribution < -0.4 is 9.80 Å². The minimum absolute atomic E-state index is 0.454. The minimum atomic E-state index is -0.596. The van der Waals surface area contributed by atoms with Gasteiger partial charge in [0.05, 0.1) is 5.41 Å². The number of nitrogens with zero attached hydrogens (tertiary/aromatic N) is 2. The monoisotopic (exact) mass is 969 g/mol. The molecule has 2 aliphatic rings. The van der Waals surface area contributed by atoms with Crippen LogP contribution in [0.25, 0.3) is 54.6 Å². The molecular formula is C73H64N2. The second kappa shape index (κ2) is 18.0. The van der Waals surface area contributed by atoms with E-state index in [4.69, 9.17) is 0 Å². The summed E-state index contributed by atoms with van der Waals surface area (Å²) >= 11 is 0. The molecule has 11 aromatic rings. The zero-order chi connectivity index (χ0) is 51.3. The van der Waals surface area contributed by atoms with E-state index in [1.807, 2.05) is 0 Å². The predicted octanol–water partition coefficient (Wildman–Crippen LogP) is 20.9. The highest BCUT2D eigenvalue weighted by molar-refractivity contribution is 6.13. The van der Waals surface area contributed by atoms with Crippen molar-refractivity contribution >= 4 is 66.4 Å². The summed E-state index contributed by atoms with van der Waals surface area (Å²) in [5, 5.41) is 7.56. The molecule has 0 N–H and O–H groups in total. The fourth-order valence-electron chi connectivity index (χ4n) is 12.8. The van der Waals surface area contributed by atoms with Gasteiger partial charge in [0.25, 0.3) is 0 Å². The zero-order valence-corrected chi connectivity index (χ0v) is 44.5. The maximum Gasteiger partial charge on any atom is 0.0737 e. The third kappa shape index (κ3) is 7.36. The Morgan fingerprint density at radius 1 is 0.280 bits per heavy atom. The van der Waals surface area contributed by atoms with Gasteiger partial charge in [-0.3, -0.25) is 0 Å². The van der Waals surface area contributed by atoms with Gasteiger partial charge >= 0.3 is 0 Å². The lowest BCUT2D eigenvalue weighted by Gasteiger charge is -2.33. The normalized spacial score (nSPS) is 13.1. The maximum absolute atomic E-state index is 2.46. The molecule has 0 bridgehead atoms. The molecule has 2 nitrogen and oxygen atoms in total. The molecule has 13 rings (SSSR count). The first-order valence-corrected chi connectivity index (χ1v) is 27.3. The van der Waals surface area contributed by atoms with Crippen molar-refractivity contribution in [2.45, 2.75) is 84.5 Å². The first-order chi connectivity index (χ1) is 36.5. The lowest BCUT2D eigenvalue weighted by Crippen LogP contribution is -2.26. The van der Waals surface area contributed by atoms with Gasteiger partial charge < -0.3 is 9.80 Å². The van der Waals surface area contributed by atoms with Crippen LogP contribution in [0.2, 0.25) is 0 Å². The van der Waals surface area contributed by atoms with E-state index in [-0.39, 0.29) is 0 Å². The second-order valence-electron chi connectivity index (χ2n) is 22.4. The average molecular weight is 969 g/mol. The summed E-state index contributed by atoms with van der Waals surface area (Å²) in [6.07, 6.45) is 0. The topological polar surface area (TPSA) is 6.48 Å². The Bertz CT molecular complexity index is 3690. The van der Waals surface area contributed by atoms with Crippen molar-refractivity contribution in [3.63, 3.8) is 0 Å². The standard InChI is InChI=1S/C73H64N2/c1-45(2)49-17-28-56(29-18-49)74(57-30-19-50(20-31-57)46(3)4)60-36-40-63-54(43-60)25-38-65-66-39-26-55-44-61(75(58-32-21-51(22-33-58)47(5)6)59-34-23-52(24-35-59)48(7)8)37-41-64(55)72(66)73(71(63)65)68-16-12-11-15-67(68)70-62-14-10-9-13-53(62)27-42-69(70)73/h9-48H,1-8H3. The maximum atomic E-state index is 2.46. The van der Waals surface area contributed by atoms with Gasteiger partial charge in [-0.05, 0) is 196 Å². The lowest BCUT2D eigenvalue weighted by molar-refractivity contribution is 0.810. The van der Waals surface area contributed by atoms with Crippen LogP contribution in [0.1, 0.15) is 124 Å². The number of anilines is 6. The molecule has 11 aromatic carbocycles. The molecule has 0 aliphatic heterocycles. The third-order valence-corrected chi connectivity index (χ3v) is 16.8. The molecule has 2 heteroatoms. The van der Waals surface area contributed by atoms with Gasteiger partial charge in [-0.2, -0.15) is 0 Å². The number of rotatable bonds is 10. The molecule has 0 saturated heterocycles. The average Bonchev–Trinajstić information content (AvgIpc) is 4.03. The van der Waals surface area contributed by atoms with E-state index in [0.29, 0.717) is 23.7 Å². The summed E-state index contributed by atoms with van der Waals surface area (Å²) in [7, 11) is 0. The van der Waals surface area contributed by atoms with Crippen LogP contribution in [-0.2, 0) is 5.41 Å². The van der Waals surface area contributed by atoms with Crippen LogP contribution in [0.15, 0.2) is 218 Å². The lowest BCUT2D eigenvalue weighted by atomic mass is 9.68. The number of benzene rings is 11. The number of fused-ring (bicyclic) bond motifs is 16. The van der Waals surface area contributed by atoms with Crippen LogP contribution in [0.4, 0.5) is 34.1 Å². The number of hydrogen-bond donors (Lipinski definition) is 0. The molecular weight excluding hydrogens is 905 g/mol. The van der Waals surface area contributed by atoms with E-state index in [0.717, 1.165) is 34.1 Å². The van der Waals surface area contributed by atoms with Crippen molar-refractivity contribution in [2.24, 2.45) is 0 Å². The summed E-state index contributed by atoms with van der Waals surface area (Å²) < 4.78 is 0. The van der Waals surface area contributed by atoms with E-state index in [2.05, 4.69) is 284 Å². The fourth-order valence-corrected chi connectivity index (χ4v) is 12.8. The van der Waals surface area contributed by atoms with Crippen molar-refractivity contribution in [1.82, 2.24) is 0 Å². The quantitative estimate of drug-likeness (QED) is 0.135. The van der Waals surface area contributed by atoms with E-state index in [1.165, 1.54) is 99.1 Å². The molecule has 0 radical (unpaired) electrons. The van der Waals surface area contributed by atoms with Crippen molar-refractivity contribution in [2.75, 3.05) is 9.80 Å². The van der Waals surface area contributed by atoms with Gasteiger partial charge in [0.1, 0.15) is 0 Å². The van der Waals surface area contributed by atoms with Crippen molar-refractivity contribution in [3.8, 4) is 22.3 Å². The third-order valence-electron chi connectivity index (χ3n) is 16.8. The molecule has 0 saturated carbocycles. The molecule has 0 atom stereocenters. The number of hydrogen-bond acceptors (Lipinski definition) is 2. The largest absolute Gasteiger partial charge is 0.310 e. The van der Waals surface area contributed by atoms with Gasteiger partial charge in [0.2, 0.25) is 0 Å². The Morgan fingerprint density at radius 2 is 0.653 bits per heavy atom. The summed E-state index contributed by atoms with van der Waals surface area (Å²) in [4.78, 5) is 4.87. The Labute approximate surface area is 443 Å². The minimum Gasteiger partial charge on any atom is -0.310 e. The van der Waals surface area contributed by atoms with Crippen LogP contribution in [0.5, 0.6) is 0 Å².